The van der Waals surface area contributed by atoms with Crippen LogP contribution in [0.1, 0.15) is 51.0 Å². The summed E-state index contributed by atoms with van der Waals surface area (Å²) in [6.07, 6.45) is 6.30. The van der Waals surface area contributed by atoms with E-state index in [1.54, 1.807) is 7.05 Å². The first-order valence-electron chi connectivity index (χ1n) is 6.48. The molecular formula is C12H21N3O2. The molecule has 1 N–H and O–H groups in total. The molecule has 0 amide bonds. The van der Waals surface area contributed by atoms with E-state index in [1.165, 1.54) is 32.1 Å². The van der Waals surface area contributed by atoms with Gasteiger partial charge in [-0.15, -0.1) is 0 Å². The van der Waals surface area contributed by atoms with Crippen LogP contribution in [-0.4, -0.2) is 23.8 Å². The first-order chi connectivity index (χ1) is 8.35. The van der Waals surface area contributed by atoms with Crippen molar-refractivity contribution in [2.24, 2.45) is 5.92 Å². The van der Waals surface area contributed by atoms with E-state index in [2.05, 4.69) is 15.5 Å². The Morgan fingerprint density at radius 3 is 2.76 bits per heavy atom. The van der Waals surface area contributed by atoms with Crippen molar-refractivity contribution >= 4 is 6.01 Å². The number of nitrogens with one attached hydrogen (secondary N) is 1. The topological polar surface area (TPSA) is 60.2 Å². The number of ether oxygens (including phenoxy) is 1. The van der Waals surface area contributed by atoms with E-state index in [9.17, 15) is 0 Å². The summed E-state index contributed by atoms with van der Waals surface area (Å²) >= 11 is 0. The first kappa shape index (κ1) is 12.4. The molecule has 1 aromatic rings. The molecule has 1 aromatic heterocycles. The van der Waals surface area contributed by atoms with E-state index in [0.29, 0.717) is 24.4 Å². The van der Waals surface area contributed by atoms with E-state index in [4.69, 9.17) is 9.26 Å². The fourth-order valence-corrected chi connectivity index (χ4v) is 2.49. The molecular weight excluding hydrogens is 218 g/mol. The maximum Gasteiger partial charge on any atom is 0.321 e. The quantitative estimate of drug-likeness (QED) is 0.856. The van der Waals surface area contributed by atoms with Crippen molar-refractivity contribution in [2.45, 2.75) is 45.1 Å². The number of hydrogen-bond donors (Lipinski definition) is 1. The summed E-state index contributed by atoms with van der Waals surface area (Å²) in [6.45, 7) is 2.69. The molecule has 0 radical (unpaired) electrons. The summed E-state index contributed by atoms with van der Waals surface area (Å²) in [5.74, 6) is 1.22. The number of hydrogen-bond acceptors (Lipinski definition) is 5. The molecule has 2 rings (SSSR count). The molecule has 1 atom stereocenters. The van der Waals surface area contributed by atoms with Gasteiger partial charge in [0.1, 0.15) is 6.10 Å². The zero-order valence-electron chi connectivity index (χ0n) is 10.6. The molecule has 5 heteroatoms. The molecule has 17 heavy (non-hydrogen) atoms. The minimum Gasteiger partial charge on any atom is -0.370 e. The van der Waals surface area contributed by atoms with E-state index in [-0.39, 0.29) is 6.10 Å². The van der Waals surface area contributed by atoms with Gasteiger partial charge in [-0.1, -0.05) is 24.4 Å². The van der Waals surface area contributed by atoms with Crippen LogP contribution in [0, 0.1) is 5.92 Å². The fourth-order valence-electron chi connectivity index (χ4n) is 2.49. The number of rotatable bonds is 5. The Bertz CT molecular complexity index is 334. The molecule has 1 heterocycles. The lowest BCUT2D eigenvalue weighted by Gasteiger charge is -2.27. The van der Waals surface area contributed by atoms with Crippen LogP contribution in [0.2, 0.25) is 0 Å². The van der Waals surface area contributed by atoms with Gasteiger partial charge < -0.3 is 14.6 Å². The van der Waals surface area contributed by atoms with Crippen molar-refractivity contribution in [3.8, 4) is 0 Å². The predicted octanol–water partition coefficient (Wildman–Crippen LogP) is 2.77. The Morgan fingerprint density at radius 1 is 1.41 bits per heavy atom. The van der Waals surface area contributed by atoms with Crippen LogP contribution in [0.15, 0.2) is 4.52 Å². The molecule has 1 fully saturated rings. The van der Waals surface area contributed by atoms with Crippen LogP contribution < -0.4 is 5.32 Å². The number of anilines is 1. The Labute approximate surface area is 102 Å². The van der Waals surface area contributed by atoms with E-state index < -0.39 is 0 Å². The van der Waals surface area contributed by atoms with Crippen molar-refractivity contribution in [2.75, 3.05) is 19.0 Å². The molecule has 0 aromatic carbocycles. The highest BCUT2D eigenvalue weighted by molar-refractivity contribution is 5.16. The second-order valence-electron chi connectivity index (χ2n) is 4.48. The third kappa shape index (κ3) is 2.97. The molecule has 1 aliphatic carbocycles. The molecule has 0 spiro atoms. The van der Waals surface area contributed by atoms with Gasteiger partial charge in [-0.2, -0.15) is 4.98 Å². The average molecular weight is 239 g/mol. The Balaban J connectivity index is 2.09. The van der Waals surface area contributed by atoms with Crippen LogP contribution in [0.25, 0.3) is 0 Å². The van der Waals surface area contributed by atoms with Crippen molar-refractivity contribution in [1.82, 2.24) is 10.1 Å². The van der Waals surface area contributed by atoms with Gasteiger partial charge in [-0.3, -0.25) is 0 Å². The monoisotopic (exact) mass is 239 g/mol. The maximum absolute atomic E-state index is 5.81. The van der Waals surface area contributed by atoms with Crippen LogP contribution in [0.5, 0.6) is 0 Å². The van der Waals surface area contributed by atoms with Gasteiger partial charge in [-0.05, 0) is 25.7 Å². The second-order valence-corrected chi connectivity index (χ2v) is 4.48. The van der Waals surface area contributed by atoms with Crippen LogP contribution >= 0.6 is 0 Å². The van der Waals surface area contributed by atoms with Gasteiger partial charge in [0.25, 0.3) is 0 Å². The molecule has 1 saturated carbocycles. The third-order valence-electron chi connectivity index (χ3n) is 3.33. The van der Waals surface area contributed by atoms with Crippen molar-refractivity contribution in [3.05, 3.63) is 5.82 Å². The largest absolute Gasteiger partial charge is 0.370 e. The van der Waals surface area contributed by atoms with Crippen molar-refractivity contribution in [3.63, 3.8) is 0 Å². The first-order valence-corrected chi connectivity index (χ1v) is 6.48. The highest BCUT2D eigenvalue weighted by Gasteiger charge is 2.29. The minimum atomic E-state index is -0.00819. The lowest BCUT2D eigenvalue weighted by atomic mass is 9.85. The van der Waals surface area contributed by atoms with Gasteiger partial charge in [-0.25, -0.2) is 0 Å². The summed E-state index contributed by atoms with van der Waals surface area (Å²) in [7, 11) is 1.77. The summed E-state index contributed by atoms with van der Waals surface area (Å²) in [5.41, 5.74) is 0. The average Bonchev–Trinajstić information content (AvgIpc) is 2.85. The van der Waals surface area contributed by atoms with Crippen LogP contribution in [-0.2, 0) is 4.74 Å². The fraction of sp³-hybridized carbons (Fsp3) is 0.833. The SMILES string of the molecule is CCOC(c1noc(NC)n1)C1CCCCC1. The molecule has 96 valence electrons. The molecule has 5 nitrogen and oxygen atoms in total. The smallest absolute Gasteiger partial charge is 0.321 e. The van der Waals surface area contributed by atoms with E-state index in [0.717, 1.165) is 0 Å². The van der Waals surface area contributed by atoms with Crippen LogP contribution in [0.3, 0.4) is 0 Å². The van der Waals surface area contributed by atoms with Crippen molar-refractivity contribution < 1.29 is 9.26 Å². The lowest BCUT2D eigenvalue weighted by molar-refractivity contribution is -0.00145. The van der Waals surface area contributed by atoms with Gasteiger partial charge >= 0.3 is 6.01 Å². The molecule has 0 bridgehead atoms. The highest BCUT2D eigenvalue weighted by atomic mass is 16.5. The maximum atomic E-state index is 5.81. The summed E-state index contributed by atoms with van der Waals surface area (Å²) in [6, 6.07) is 0.459. The minimum absolute atomic E-state index is 0.00819. The standard InChI is InChI=1S/C12H21N3O2/c1-3-16-10(9-7-5-4-6-8-9)11-14-12(13-2)17-15-11/h9-10H,3-8H2,1-2H3,(H,13,14,15). The highest BCUT2D eigenvalue weighted by Crippen LogP contribution is 2.35. The van der Waals surface area contributed by atoms with E-state index >= 15 is 0 Å². The normalized spacial score (nSPS) is 19.2. The third-order valence-corrected chi connectivity index (χ3v) is 3.33. The van der Waals surface area contributed by atoms with Gasteiger partial charge in [0.15, 0.2) is 0 Å². The summed E-state index contributed by atoms with van der Waals surface area (Å²) in [5, 5.41) is 6.86. The zero-order chi connectivity index (χ0) is 12.1. The second kappa shape index (κ2) is 6.00. The summed E-state index contributed by atoms with van der Waals surface area (Å²) < 4.78 is 10.9. The Morgan fingerprint density at radius 2 is 2.18 bits per heavy atom. The number of aromatic nitrogens is 2. The molecule has 1 aliphatic rings. The molecule has 0 aliphatic heterocycles. The van der Waals surface area contributed by atoms with Gasteiger partial charge in [0.2, 0.25) is 5.82 Å². The molecule has 0 saturated heterocycles. The molecule has 1 unspecified atom stereocenters. The van der Waals surface area contributed by atoms with Crippen LogP contribution in [0.4, 0.5) is 6.01 Å². The Hall–Kier alpha value is -1.10. The van der Waals surface area contributed by atoms with E-state index in [1.807, 2.05) is 6.92 Å². The summed E-state index contributed by atoms with van der Waals surface area (Å²) in [4.78, 5) is 4.31. The Kier molecular flexibility index (Phi) is 4.36. The lowest BCUT2D eigenvalue weighted by Crippen LogP contribution is -2.20. The van der Waals surface area contributed by atoms with Gasteiger partial charge in [0, 0.05) is 13.7 Å². The van der Waals surface area contributed by atoms with Crippen molar-refractivity contribution in [1.29, 1.82) is 0 Å². The van der Waals surface area contributed by atoms with Gasteiger partial charge in [0.05, 0.1) is 0 Å². The number of nitrogens with zero attached hydrogens (tertiary/aromatic N) is 2. The predicted molar refractivity (Wildman–Crippen MR) is 64.8 cm³/mol. The zero-order valence-corrected chi connectivity index (χ0v) is 10.6.